The number of rotatable bonds is 3. The van der Waals surface area contributed by atoms with Crippen LogP contribution in [0.1, 0.15) is 48.4 Å². The number of urea groups is 1. The second-order valence-electron chi connectivity index (χ2n) is 8.21. The molecule has 1 aliphatic heterocycles. The highest BCUT2D eigenvalue weighted by atomic mass is 16.2. The number of hydrogen-bond acceptors (Lipinski definition) is 2. The van der Waals surface area contributed by atoms with Crippen molar-refractivity contribution < 1.29 is 9.59 Å². The molecule has 0 bridgehead atoms. The molecule has 5 heteroatoms. The summed E-state index contributed by atoms with van der Waals surface area (Å²) in [5.74, 6) is 0.109. The number of nitrogens with one attached hydrogen (secondary N) is 2. The Kier molecular flexibility index (Phi) is 5.84. The van der Waals surface area contributed by atoms with Crippen LogP contribution in [0.5, 0.6) is 0 Å². The van der Waals surface area contributed by atoms with Gasteiger partial charge in [-0.1, -0.05) is 36.4 Å². The van der Waals surface area contributed by atoms with Crippen LogP contribution in [0.2, 0.25) is 0 Å². The van der Waals surface area contributed by atoms with Crippen molar-refractivity contribution in [3.8, 4) is 0 Å². The summed E-state index contributed by atoms with van der Waals surface area (Å²) in [6.45, 7) is 3.22. The molecule has 1 aliphatic carbocycles. The second-order valence-corrected chi connectivity index (χ2v) is 8.21. The zero-order valence-electron chi connectivity index (χ0n) is 17.0. The zero-order chi connectivity index (χ0) is 20.2. The molecule has 0 saturated carbocycles. The number of nitrogens with zero attached hydrogens (tertiary/aromatic N) is 1. The molecule has 3 amide bonds. The lowest BCUT2D eigenvalue weighted by Crippen LogP contribution is -2.45. The number of anilines is 1. The van der Waals surface area contributed by atoms with E-state index in [0.29, 0.717) is 25.9 Å². The van der Waals surface area contributed by atoms with E-state index in [2.05, 4.69) is 34.9 Å². The fourth-order valence-electron chi connectivity index (χ4n) is 4.46. The maximum atomic E-state index is 12.9. The summed E-state index contributed by atoms with van der Waals surface area (Å²) in [6.07, 6.45) is 4.62. The number of amides is 3. The first-order chi connectivity index (χ1) is 14.1. The lowest BCUT2D eigenvalue weighted by Gasteiger charge is -2.33. The quantitative estimate of drug-likeness (QED) is 0.813. The Bertz CT molecular complexity index is 887. The van der Waals surface area contributed by atoms with Crippen LogP contribution in [0.4, 0.5) is 10.5 Å². The van der Waals surface area contributed by atoms with Crippen LogP contribution in [-0.4, -0.2) is 29.9 Å². The Morgan fingerprint density at radius 2 is 1.79 bits per heavy atom. The lowest BCUT2D eigenvalue weighted by molar-refractivity contribution is -0.127. The maximum Gasteiger partial charge on any atom is 0.321 e. The van der Waals surface area contributed by atoms with Crippen molar-refractivity contribution in [2.24, 2.45) is 5.92 Å². The van der Waals surface area contributed by atoms with Crippen LogP contribution in [0.15, 0.2) is 48.5 Å². The van der Waals surface area contributed by atoms with E-state index in [-0.39, 0.29) is 23.9 Å². The standard InChI is InChI=1S/C24H29N3O2/c1-17-6-4-9-20(16-17)25-24(29)27-14-12-19(13-15-27)23(28)26-22-11-5-8-18-7-2-3-10-21(18)22/h2-4,6-7,9-10,16,19,22H,5,8,11-15H2,1H3,(H,25,29)(H,26,28)/t22-/m1/s1. The van der Waals surface area contributed by atoms with Gasteiger partial charge in [0.1, 0.15) is 0 Å². The highest BCUT2D eigenvalue weighted by Gasteiger charge is 2.30. The molecule has 2 aliphatic rings. The molecule has 1 saturated heterocycles. The first kappa shape index (κ1) is 19.5. The first-order valence-corrected chi connectivity index (χ1v) is 10.6. The van der Waals surface area contributed by atoms with E-state index in [1.807, 2.05) is 36.1 Å². The van der Waals surface area contributed by atoms with Gasteiger partial charge in [0.05, 0.1) is 6.04 Å². The topological polar surface area (TPSA) is 61.4 Å². The fraction of sp³-hybridized carbons (Fsp3) is 0.417. The van der Waals surface area contributed by atoms with E-state index in [9.17, 15) is 9.59 Å². The van der Waals surface area contributed by atoms with Gasteiger partial charge in [-0.25, -0.2) is 4.79 Å². The third-order valence-electron chi connectivity index (χ3n) is 6.11. The van der Waals surface area contributed by atoms with Crippen molar-refractivity contribution in [2.45, 2.75) is 45.1 Å². The van der Waals surface area contributed by atoms with Gasteiger partial charge in [-0.15, -0.1) is 0 Å². The van der Waals surface area contributed by atoms with Crippen LogP contribution in [0, 0.1) is 12.8 Å². The molecule has 1 atom stereocenters. The summed E-state index contributed by atoms with van der Waals surface area (Å²) >= 11 is 0. The number of aryl methyl sites for hydroxylation is 2. The molecule has 0 unspecified atom stereocenters. The first-order valence-electron chi connectivity index (χ1n) is 10.6. The molecule has 2 aromatic carbocycles. The summed E-state index contributed by atoms with van der Waals surface area (Å²) in [7, 11) is 0. The third kappa shape index (κ3) is 4.61. The predicted octanol–water partition coefficient (Wildman–Crippen LogP) is 4.43. The minimum atomic E-state index is -0.0873. The van der Waals surface area contributed by atoms with E-state index in [1.54, 1.807) is 0 Å². The van der Waals surface area contributed by atoms with Gasteiger partial charge in [-0.05, 0) is 67.9 Å². The van der Waals surface area contributed by atoms with Crippen LogP contribution < -0.4 is 10.6 Å². The minimum Gasteiger partial charge on any atom is -0.349 e. The lowest BCUT2D eigenvalue weighted by atomic mass is 9.87. The summed E-state index contributed by atoms with van der Waals surface area (Å²) in [5.41, 5.74) is 4.54. The van der Waals surface area contributed by atoms with Crippen molar-refractivity contribution in [3.05, 3.63) is 65.2 Å². The Morgan fingerprint density at radius 3 is 2.59 bits per heavy atom. The van der Waals surface area contributed by atoms with Crippen LogP contribution in [-0.2, 0) is 11.2 Å². The molecule has 2 N–H and O–H groups in total. The zero-order valence-corrected chi connectivity index (χ0v) is 17.0. The van der Waals surface area contributed by atoms with Gasteiger partial charge in [-0.2, -0.15) is 0 Å². The van der Waals surface area contributed by atoms with Gasteiger partial charge >= 0.3 is 6.03 Å². The summed E-state index contributed by atoms with van der Waals surface area (Å²) < 4.78 is 0. The molecule has 1 heterocycles. The van der Waals surface area contributed by atoms with Crippen LogP contribution in [0.25, 0.3) is 0 Å². The van der Waals surface area contributed by atoms with Gasteiger partial charge < -0.3 is 15.5 Å². The molecule has 0 radical (unpaired) electrons. The predicted molar refractivity (Wildman–Crippen MR) is 115 cm³/mol. The number of piperidine rings is 1. The largest absolute Gasteiger partial charge is 0.349 e. The van der Waals surface area contributed by atoms with Crippen molar-refractivity contribution in [1.82, 2.24) is 10.2 Å². The number of likely N-dealkylation sites (tertiary alicyclic amines) is 1. The highest BCUT2D eigenvalue weighted by molar-refractivity contribution is 5.89. The van der Waals surface area contributed by atoms with E-state index in [1.165, 1.54) is 11.1 Å². The Balaban J connectivity index is 1.29. The molecule has 29 heavy (non-hydrogen) atoms. The second kappa shape index (κ2) is 8.68. The average molecular weight is 392 g/mol. The smallest absolute Gasteiger partial charge is 0.321 e. The average Bonchev–Trinajstić information content (AvgIpc) is 2.74. The summed E-state index contributed by atoms with van der Waals surface area (Å²) in [4.78, 5) is 27.2. The van der Waals surface area contributed by atoms with Crippen molar-refractivity contribution in [3.63, 3.8) is 0 Å². The normalized spacial score (nSPS) is 19.3. The molecular formula is C24H29N3O2. The van der Waals surface area contributed by atoms with Gasteiger partial charge in [0.15, 0.2) is 0 Å². The third-order valence-corrected chi connectivity index (χ3v) is 6.11. The van der Waals surface area contributed by atoms with E-state index >= 15 is 0 Å². The molecule has 152 valence electrons. The van der Waals surface area contributed by atoms with Gasteiger partial charge in [-0.3, -0.25) is 4.79 Å². The van der Waals surface area contributed by atoms with Gasteiger partial charge in [0.25, 0.3) is 0 Å². The van der Waals surface area contributed by atoms with Crippen LogP contribution >= 0.6 is 0 Å². The molecule has 0 aromatic heterocycles. The van der Waals surface area contributed by atoms with Crippen LogP contribution in [0.3, 0.4) is 0 Å². The maximum absolute atomic E-state index is 12.9. The fourth-order valence-corrected chi connectivity index (χ4v) is 4.46. The van der Waals surface area contributed by atoms with E-state index < -0.39 is 0 Å². The van der Waals surface area contributed by atoms with Gasteiger partial charge in [0, 0.05) is 24.7 Å². The van der Waals surface area contributed by atoms with Gasteiger partial charge in [0.2, 0.25) is 5.91 Å². The molecular weight excluding hydrogens is 362 g/mol. The molecule has 0 spiro atoms. The monoisotopic (exact) mass is 391 g/mol. The summed E-state index contributed by atoms with van der Waals surface area (Å²) in [6, 6.07) is 16.2. The summed E-state index contributed by atoms with van der Waals surface area (Å²) in [5, 5.41) is 6.24. The number of carbonyl (C=O) groups is 2. The Morgan fingerprint density at radius 1 is 1.00 bits per heavy atom. The van der Waals surface area contributed by atoms with E-state index in [4.69, 9.17) is 0 Å². The molecule has 4 rings (SSSR count). The van der Waals surface area contributed by atoms with Crippen molar-refractivity contribution >= 4 is 17.6 Å². The Labute approximate surface area is 172 Å². The van der Waals surface area contributed by atoms with Crippen molar-refractivity contribution in [2.75, 3.05) is 18.4 Å². The minimum absolute atomic E-state index is 0.0212. The van der Waals surface area contributed by atoms with E-state index in [0.717, 1.165) is 30.5 Å². The SMILES string of the molecule is Cc1cccc(NC(=O)N2CCC(C(=O)N[C@@H]3CCCc4ccccc43)CC2)c1. The number of hydrogen-bond donors (Lipinski definition) is 2. The highest BCUT2D eigenvalue weighted by Crippen LogP contribution is 2.30. The number of fused-ring (bicyclic) bond motifs is 1. The Hall–Kier alpha value is -2.82. The molecule has 5 nitrogen and oxygen atoms in total. The number of benzene rings is 2. The van der Waals surface area contributed by atoms with Crippen molar-refractivity contribution in [1.29, 1.82) is 0 Å². The molecule has 2 aromatic rings. The molecule has 1 fully saturated rings. The number of carbonyl (C=O) groups excluding carboxylic acids is 2.